The Morgan fingerprint density at radius 1 is 1.31 bits per heavy atom. The standard InChI is InChI=1S/C10H19N5S/c1-8(2)7-14-3-5-15(6-4-14)10-12-9(11)13-16-10/h8H,3-7H2,1-2H3,(H2,11,13). The van der Waals surface area contributed by atoms with Crippen LogP contribution in [0.3, 0.4) is 0 Å². The van der Waals surface area contributed by atoms with Crippen molar-refractivity contribution >= 4 is 22.6 Å². The minimum absolute atomic E-state index is 0.393. The summed E-state index contributed by atoms with van der Waals surface area (Å²) in [6, 6.07) is 0. The van der Waals surface area contributed by atoms with E-state index in [1.807, 2.05) is 0 Å². The molecule has 2 heterocycles. The van der Waals surface area contributed by atoms with Gasteiger partial charge in [-0.3, -0.25) is 4.90 Å². The molecule has 90 valence electrons. The number of piperazine rings is 1. The normalized spacial score (nSPS) is 18.3. The van der Waals surface area contributed by atoms with Crippen molar-refractivity contribution in [1.82, 2.24) is 14.3 Å². The van der Waals surface area contributed by atoms with E-state index in [1.165, 1.54) is 18.1 Å². The molecule has 0 atom stereocenters. The SMILES string of the molecule is CC(C)CN1CCN(c2nc(N)ns2)CC1. The second-order valence-corrected chi connectivity index (χ2v) is 5.35. The topological polar surface area (TPSA) is 58.3 Å². The number of nitrogens with two attached hydrogens (primary N) is 1. The maximum Gasteiger partial charge on any atom is 0.233 e. The van der Waals surface area contributed by atoms with Crippen LogP contribution in [-0.4, -0.2) is 47.0 Å². The van der Waals surface area contributed by atoms with E-state index in [0.717, 1.165) is 37.2 Å². The zero-order valence-electron chi connectivity index (χ0n) is 9.89. The predicted molar refractivity (Wildman–Crippen MR) is 67.8 cm³/mol. The van der Waals surface area contributed by atoms with Crippen molar-refractivity contribution in [3.8, 4) is 0 Å². The van der Waals surface area contributed by atoms with Crippen molar-refractivity contribution in [1.29, 1.82) is 0 Å². The number of aromatic nitrogens is 2. The molecule has 1 fully saturated rings. The van der Waals surface area contributed by atoms with Gasteiger partial charge in [-0.15, -0.1) is 0 Å². The summed E-state index contributed by atoms with van der Waals surface area (Å²) in [4.78, 5) is 8.99. The van der Waals surface area contributed by atoms with Gasteiger partial charge in [0.1, 0.15) is 0 Å². The molecule has 1 aromatic rings. The minimum Gasteiger partial charge on any atom is -0.367 e. The Bertz CT molecular complexity index is 330. The molecule has 16 heavy (non-hydrogen) atoms. The fraction of sp³-hybridized carbons (Fsp3) is 0.800. The highest BCUT2D eigenvalue weighted by atomic mass is 32.1. The van der Waals surface area contributed by atoms with Gasteiger partial charge in [-0.05, 0) is 5.92 Å². The van der Waals surface area contributed by atoms with Crippen molar-refractivity contribution in [2.45, 2.75) is 13.8 Å². The second kappa shape index (κ2) is 4.97. The van der Waals surface area contributed by atoms with Crippen LogP contribution < -0.4 is 10.6 Å². The van der Waals surface area contributed by atoms with Gasteiger partial charge in [0, 0.05) is 44.3 Å². The van der Waals surface area contributed by atoms with Crippen molar-refractivity contribution in [2.75, 3.05) is 43.4 Å². The maximum absolute atomic E-state index is 5.53. The quantitative estimate of drug-likeness (QED) is 0.852. The lowest BCUT2D eigenvalue weighted by Crippen LogP contribution is -2.47. The lowest BCUT2D eigenvalue weighted by molar-refractivity contribution is 0.231. The summed E-state index contributed by atoms with van der Waals surface area (Å²) in [6.07, 6.45) is 0. The molecule has 0 bridgehead atoms. The smallest absolute Gasteiger partial charge is 0.233 e. The molecule has 6 heteroatoms. The van der Waals surface area contributed by atoms with E-state index in [4.69, 9.17) is 5.73 Å². The summed E-state index contributed by atoms with van der Waals surface area (Å²) < 4.78 is 4.01. The minimum atomic E-state index is 0.393. The first-order valence-electron chi connectivity index (χ1n) is 5.71. The number of anilines is 2. The number of nitrogens with zero attached hydrogens (tertiary/aromatic N) is 4. The molecular formula is C10H19N5S. The van der Waals surface area contributed by atoms with Crippen LogP contribution in [0.4, 0.5) is 11.1 Å². The lowest BCUT2D eigenvalue weighted by Gasteiger charge is -2.35. The first-order chi connectivity index (χ1) is 7.65. The molecule has 0 radical (unpaired) electrons. The summed E-state index contributed by atoms with van der Waals surface area (Å²) in [6.45, 7) is 9.99. The zero-order chi connectivity index (χ0) is 11.5. The number of nitrogen functional groups attached to an aromatic ring is 1. The van der Waals surface area contributed by atoms with E-state index < -0.39 is 0 Å². The van der Waals surface area contributed by atoms with Crippen LogP contribution in [-0.2, 0) is 0 Å². The number of hydrogen-bond acceptors (Lipinski definition) is 6. The third-order valence-electron chi connectivity index (χ3n) is 2.70. The van der Waals surface area contributed by atoms with Crippen LogP contribution in [0, 0.1) is 5.92 Å². The highest BCUT2D eigenvalue weighted by molar-refractivity contribution is 7.09. The summed E-state index contributed by atoms with van der Waals surface area (Å²) in [5, 5.41) is 0.960. The summed E-state index contributed by atoms with van der Waals surface area (Å²) in [5.41, 5.74) is 5.53. The molecular weight excluding hydrogens is 222 g/mol. The average Bonchev–Trinajstić information content (AvgIpc) is 2.65. The molecule has 1 aromatic heterocycles. The van der Waals surface area contributed by atoms with Crippen LogP contribution in [0.15, 0.2) is 0 Å². The molecule has 0 unspecified atom stereocenters. The molecule has 0 saturated carbocycles. The van der Waals surface area contributed by atoms with Gasteiger partial charge in [0.25, 0.3) is 0 Å². The Kier molecular flexibility index (Phi) is 3.60. The Labute approximate surface area is 100 Å². The van der Waals surface area contributed by atoms with Gasteiger partial charge in [-0.1, -0.05) is 13.8 Å². The van der Waals surface area contributed by atoms with E-state index >= 15 is 0 Å². The van der Waals surface area contributed by atoms with Gasteiger partial charge in [-0.2, -0.15) is 9.36 Å². The molecule has 1 aliphatic rings. The summed E-state index contributed by atoms with van der Waals surface area (Å²) in [5.74, 6) is 1.13. The van der Waals surface area contributed by atoms with Gasteiger partial charge in [-0.25, -0.2) is 0 Å². The highest BCUT2D eigenvalue weighted by Crippen LogP contribution is 2.19. The molecule has 5 nitrogen and oxygen atoms in total. The fourth-order valence-electron chi connectivity index (χ4n) is 1.99. The van der Waals surface area contributed by atoms with Crippen LogP contribution in [0.2, 0.25) is 0 Å². The van der Waals surface area contributed by atoms with Crippen molar-refractivity contribution in [3.05, 3.63) is 0 Å². The van der Waals surface area contributed by atoms with E-state index in [9.17, 15) is 0 Å². The Morgan fingerprint density at radius 3 is 2.50 bits per heavy atom. The fourth-order valence-corrected chi connectivity index (χ4v) is 2.64. The van der Waals surface area contributed by atoms with Crippen LogP contribution in [0.5, 0.6) is 0 Å². The molecule has 0 aromatic carbocycles. The van der Waals surface area contributed by atoms with Crippen molar-refractivity contribution < 1.29 is 0 Å². The highest BCUT2D eigenvalue weighted by Gasteiger charge is 2.19. The van der Waals surface area contributed by atoms with Crippen LogP contribution in [0.25, 0.3) is 0 Å². The Balaban J connectivity index is 1.85. The molecule has 1 saturated heterocycles. The van der Waals surface area contributed by atoms with Crippen LogP contribution in [0.1, 0.15) is 13.8 Å². The lowest BCUT2D eigenvalue weighted by atomic mass is 10.2. The summed E-state index contributed by atoms with van der Waals surface area (Å²) >= 11 is 1.39. The molecule has 2 rings (SSSR count). The van der Waals surface area contributed by atoms with E-state index in [2.05, 4.69) is 33.0 Å². The zero-order valence-corrected chi connectivity index (χ0v) is 10.7. The third kappa shape index (κ3) is 2.82. The largest absolute Gasteiger partial charge is 0.367 e. The molecule has 0 spiro atoms. The van der Waals surface area contributed by atoms with Gasteiger partial charge in [0.05, 0.1) is 0 Å². The van der Waals surface area contributed by atoms with Crippen LogP contribution >= 0.6 is 11.5 Å². The molecule has 1 aliphatic heterocycles. The third-order valence-corrected chi connectivity index (χ3v) is 3.49. The maximum atomic E-state index is 5.53. The summed E-state index contributed by atoms with van der Waals surface area (Å²) in [7, 11) is 0. The number of hydrogen-bond donors (Lipinski definition) is 1. The Hall–Kier alpha value is -0.880. The van der Waals surface area contributed by atoms with E-state index in [0.29, 0.717) is 5.95 Å². The van der Waals surface area contributed by atoms with Gasteiger partial charge in [0.15, 0.2) is 0 Å². The Morgan fingerprint density at radius 2 is 2.00 bits per heavy atom. The van der Waals surface area contributed by atoms with Crippen molar-refractivity contribution in [3.63, 3.8) is 0 Å². The first kappa shape index (κ1) is 11.6. The van der Waals surface area contributed by atoms with E-state index in [-0.39, 0.29) is 0 Å². The molecule has 2 N–H and O–H groups in total. The van der Waals surface area contributed by atoms with Gasteiger partial charge < -0.3 is 10.6 Å². The first-order valence-corrected chi connectivity index (χ1v) is 6.49. The monoisotopic (exact) mass is 241 g/mol. The van der Waals surface area contributed by atoms with Crippen molar-refractivity contribution in [2.24, 2.45) is 5.92 Å². The molecule has 0 aliphatic carbocycles. The number of rotatable bonds is 3. The second-order valence-electron chi connectivity index (χ2n) is 4.62. The average molecular weight is 241 g/mol. The predicted octanol–water partition coefficient (Wildman–Crippen LogP) is 0.898. The van der Waals surface area contributed by atoms with Gasteiger partial charge >= 0.3 is 0 Å². The molecule has 0 amide bonds. The van der Waals surface area contributed by atoms with Gasteiger partial charge in [0.2, 0.25) is 11.1 Å². The van der Waals surface area contributed by atoms with E-state index in [1.54, 1.807) is 0 Å².